The summed E-state index contributed by atoms with van der Waals surface area (Å²) in [5.74, 6) is 0. The lowest BCUT2D eigenvalue weighted by Gasteiger charge is -2.01. The Morgan fingerprint density at radius 3 is 2.33 bits per heavy atom. The maximum atomic E-state index is 6.14. The van der Waals surface area contributed by atoms with E-state index in [0.29, 0.717) is 0 Å². The molecule has 0 bridgehead atoms. The molecular formula is C17H20ClN3. The van der Waals surface area contributed by atoms with Crippen molar-refractivity contribution in [1.29, 1.82) is 0 Å². The number of rotatable bonds is 0. The van der Waals surface area contributed by atoms with Crippen LogP contribution in [-0.2, 0) is 0 Å². The second-order valence-electron chi connectivity index (χ2n) is 4.54. The summed E-state index contributed by atoms with van der Waals surface area (Å²) in [5, 5.41) is 2.87. The van der Waals surface area contributed by atoms with E-state index >= 15 is 0 Å². The van der Waals surface area contributed by atoms with E-state index in [1.165, 1.54) is 0 Å². The number of hydrogen-bond donors (Lipinski definition) is 1. The second-order valence-corrected chi connectivity index (χ2v) is 4.95. The monoisotopic (exact) mass is 301 g/mol. The van der Waals surface area contributed by atoms with Gasteiger partial charge in [-0.2, -0.15) is 0 Å². The lowest BCUT2D eigenvalue weighted by molar-refractivity contribution is 1.29. The van der Waals surface area contributed by atoms with Crippen molar-refractivity contribution in [3.05, 3.63) is 33.3 Å². The molecular weight excluding hydrogens is 282 g/mol. The van der Waals surface area contributed by atoms with Gasteiger partial charge in [0.15, 0.2) is 5.65 Å². The first-order chi connectivity index (χ1) is 10.1. The normalized spacial score (nSPS) is 12.9. The van der Waals surface area contributed by atoms with Crippen LogP contribution in [0.5, 0.6) is 0 Å². The van der Waals surface area contributed by atoms with Crippen molar-refractivity contribution in [1.82, 2.24) is 15.0 Å². The summed E-state index contributed by atoms with van der Waals surface area (Å²) in [6, 6.07) is 3.84. The number of nitrogens with zero attached hydrogens (tertiary/aromatic N) is 2. The Morgan fingerprint density at radius 2 is 1.71 bits per heavy atom. The van der Waals surface area contributed by atoms with Crippen LogP contribution in [0.4, 0.5) is 0 Å². The zero-order valence-electron chi connectivity index (χ0n) is 13.1. The van der Waals surface area contributed by atoms with E-state index in [2.05, 4.69) is 16.0 Å². The molecule has 1 N–H and O–H groups in total. The van der Waals surface area contributed by atoms with Crippen LogP contribution in [0, 0.1) is 6.92 Å². The highest BCUT2D eigenvalue weighted by Gasteiger charge is 2.07. The highest BCUT2D eigenvalue weighted by atomic mass is 35.5. The maximum Gasteiger partial charge on any atom is 0.157 e. The molecule has 0 aliphatic heterocycles. The van der Waals surface area contributed by atoms with Gasteiger partial charge in [-0.15, -0.1) is 0 Å². The molecule has 0 radical (unpaired) electrons. The molecule has 0 fully saturated rings. The lowest BCUT2D eigenvalue weighted by atomic mass is 10.2. The summed E-state index contributed by atoms with van der Waals surface area (Å²) >= 11 is 6.14. The van der Waals surface area contributed by atoms with Crippen LogP contribution < -0.4 is 10.6 Å². The molecule has 0 amide bonds. The number of aromatic nitrogens is 3. The van der Waals surface area contributed by atoms with Gasteiger partial charge in [0.25, 0.3) is 0 Å². The van der Waals surface area contributed by atoms with E-state index in [4.69, 9.17) is 16.6 Å². The molecule has 0 spiro atoms. The topological polar surface area (TPSA) is 41.6 Å². The van der Waals surface area contributed by atoms with Crippen LogP contribution >= 0.6 is 11.6 Å². The molecule has 2 aromatic heterocycles. The number of fused-ring (bicyclic) bond motifs is 2. The fourth-order valence-corrected chi connectivity index (χ4v) is 2.46. The summed E-state index contributed by atoms with van der Waals surface area (Å²) in [4.78, 5) is 12.6. The van der Waals surface area contributed by atoms with Gasteiger partial charge in [-0.1, -0.05) is 37.6 Å². The number of aryl methyl sites for hydroxylation is 1. The molecule has 1 aromatic carbocycles. The van der Waals surface area contributed by atoms with Gasteiger partial charge in [0.1, 0.15) is 5.52 Å². The first-order valence-electron chi connectivity index (χ1n) is 7.22. The molecule has 0 saturated carbocycles. The molecule has 110 valence electrons. The van der Waals surface area contributed by atoms with Gasteiger partial charge < -0.3 is 4.98 Å². The number of halogens is 1. The number of nitrogens with one attached hydrogen (secondary N) is 1. The van der Waals surface area contributed by atoms with Crippen LogP contribution in [0.15, 0.2) is 12.1 Å². The Hall–Kier alpha value is -1.87. The highest BCUT2D eigenvalue weighted by Crippen LogP contribution is 2.21. The van der Waals surface area contributed by atoms with Crippen LogP contribution in [0.25, 0.3) is 34.3 Å². The van der Waals surface area contributed by atoms with Crippen molar-refractivity contribution in [3.8, 4) is 0 Å². The molecule has 21 heavy (non-hydrogen) atoms. The van der Waals surface area contributed by atoms with Gasteiger partial charge >= 0.3 is 0 Å². The molecule has 0 unspecified atom stereocenters. The van der Waals surface area contributed by atoms with Gasteiger partial charge in [0.2, 0.25) is 0 Å². The third kappa shape index (κ3) is 2.66. The average molecular weight is 302 g/mol. The van der Waals surface area contributed by atoms with Gasteiger partial charge in [-0.05, 0) is 38.5 Å². The van der Waals surface area contributed by atoms with E-state index < -0.39 is 0 Å². The lowest BCUT2D eigenvalue weighted by Crippen LogP contribution is -2.21. The smallest absolute Gasteiger partial charge is 0.157 e. The van der Waals surface area contributed by atoms with Gasteiger partial charge in [0, 0.05) is 15.6 Å². The van der Waals surface area contributed by atoms with E-state index in [0.717, 1.165) is 43.4 Å². The molecule has 0 atom stereocenters. The molecule has 3 nitrogen and oxygen atoms in total. The van der Waals surface area contributed by atoms with E-state index in [9.17, 15) is 0 Å². The Bertz CT molecular complexity index is 907. The van der Waals surface area contributed by atoms with Crippen molar-refractivity contribution in [3.63, 3.8) is 0 Å². The quantitative estimate of drug-likeness (QED) is 0.688. The average Bonchev–Trinajstić information content (AvgIpc) is 2.85. The Balaban J connectivity index is 0.000000774. The zero-order chi connectivity index (χ0) is 15.6. The summed E-state index contributed by atoms with van der Waals surface area (Å²) in [5.41, 5.74) is 4.41. The maximum absolute atomic E-state index is 6.14. The van der Waals surface area contributed by atoms with E-state index in [1.54, 1.807) is 0 Å². The van der Waals surface area contributed by atoms with Crippen LogP contribution in [0.3, 0.4) is 0 Å². The molecule has 0 aliphatic rings. The minimum Gasteiger partial charge on any atom is -0.338 e. The molecule has 3 aromatic rings. The fraction of sp³-hybridized carbons (Fsp3) is 0.294. The van der Waals surface area contributed by atoms with Gasteiger partial charge in [0.05, 0.1) is 11.0 Å². The first kappa shape index (κ1) is 15.5. The molecule has 2 heterocycles. The molecule has 0 aliphatic carbocycles. The standard InChI is InChI=1S/C15H14ClN3.C2H6/c1-4-9-11(5-2)18-15-14(9)17-12-6-8(3)10(16)7-13(12)19-15;1-2/h4-7H,1-3H3,(H,18,19);1-2H3/b9-4+,11-5+;. The van der Waals surface area contributed by atoms with Crippen molar-refractivity contribution >= 4 is 46.0 Å². The number of benzene rings is 1. The van der Waals surface area contributed by atoms with E-state index in [1.807, 2.05) is 52.8 Å². The Morgan fingerprint density at radius 1 is 1.05 bits per heavy atom. The Labute approximate surface area is 129 Å². The largest absolute Gasteiger partial charge is 0.338 e. The SMILES string of the molecule is C/C=c1\c(=C/C)[nH]c2nc3cc(Cl)c(C)cc3nc12.CC. The van der Waals surface area contributed by atoms with E-state index in [-0.39, 0.29) is 0 Å². The minimum absolute atomic E-state index is 0.720. The minimum atomic E-state index is 0.720. The number of hydrogen-bond acceptors (Lipinski definition) is 2. The van der Waals surface area contributed by atoms with Gasteiger partial charge in [-0.3, -0.25) is 0 Å². The van der Waals surface area contributed by atoms with Crippen LogP contribution in [0.2, 0.25) is 5.02 Å². The molecule has 4 heteroatoms. The third-order valence-electron chi connectivity index (χ3n) is 3.32. The van der Waals surface area contributed by atoms with Crippen LogP contribution in [0.1, 0.15) is 33.3 Å². The van der Waals surface area contributed by atoms with Gasteiger partial charge in [-0.25, -0.2) is 9.97 Å². The summed E-state index contributed by atoms with van der Waals surface area (Å²) in [6.07, 6.45) is 4.08. The van der Waals surface area contributed by atoms with Crippen molar-refractivity contribution in [2.24, 2.45) is 0 Å². The third-order valence-corrected chi connectivity index (χ3v) is 3.73. The Kier molecular flexibility index (Phi) is 4.63. The predicted molar refractivity (Wildman–Crippen MR) is 92.0 cm³/mol. The van der Waals surface area contributed by atoms with Crippen molar-refractivity contribution < 1.29 is 0 Å². The summed E-state index contributed by atoms with van der Waals surface area (Å²) in [6.45, 7) is 9.98. The zero-order valence-corrected chi connectivity index (χ0v) is 13.8. The second kappa shape index (κ2) is 6.27. The molecule has 3 rings (SSSR count). The van der Waals surface area contributed by atoms with Crippen molar-refractivity contribution in [2.75, 3.05) is 0 Å². The summed E-state index contributed by atoms with van der Waals surface area (Å²) < 4.78 is 0. The van der Waals surface area contributed by atoms with Crippen LogP contribution in [-0.4, -0.2) is 15.0 Å². The predicted octanol–water partition coefficient (Wildman–Crippen LogP) is 3.70. The number of H-pyrrole nitrogens is 1. The molecule has 0 saturated heterocycles. The highest BCUT2D eigenvalue weighted by molar-refractivity contribution is 6.32. The fourth-order valence-electron chi connectivity index (χ4n) is 2.30. The van der Waals surface area contributed by atoms with Crippen molar-refractivity contribution in [2.45, 2.75) is 34.6 Å². The first-order valence-corrected chi connectivity index (χ1v) is 7.60. The number of aromatic amines is 1. The summed E-state index contributed by atoms with van der Waals surface area (Å²) in [7, 11) is 0.